The Kier molecular flexibility index (Phi) is 7.51. The Morgan fingerprint density at radius 2 is 2.06 bits per heavy atom. The van der Waals surface area contributed by atoms with E-state index in [4.69, 9.17) is 9.26 Å². The summed E-state index contributed by atoms with van der Waals surface area (Å²) < 4.78 is 11.4. The number of carbonyl (C=O) groups excluding carboxylic acids is 2. The Morgan fingerprint density at radius 1 is 1.24 bits per heavy atom. The Morgan fingerprint density at radius 3 is 2.82 bits per heavy atom. The lowest BCUT2D eigenvalue weighted by Crippen LogP contribution is -2.40. The van der Waals surface area contributed by atoms with E-state index in [1.807, 2.05) is 24.3 Å². The minimum Gasteiger partial charge on any atom is -0.462 e. The van der Waals surface area contributed by atoms with Crippen molar-refractivity contribution in [2.24, 2.45) is 5.92 Å². The maximum atomic E-state index is 12.8. The molecule has 172 valence electrons. The van der Waals surface area contributed by atoms with Gasteiger partial charge in [0.1, 0.15) is 0 Å². The van der Waals surface area contributed by atoms with Gasteiger partial charge >= 0.3 is 5.97 Å². The summed E-state index contributed by atoms with van der Waals surface area (Å²) in [6, 6.07) is 14.5. The normalized spacial score (nSPS) is 16.4. The predicted octanol–water partition coefficient (Wildman–Crippen LogP) is 4.53. The molecular weight excluding hydrogens is 488 g/mol. The number of amides is 1. The van der Waals surface area contributed by atoms with Gasteiger partial charge in [-0.05, 0) is 62.7 Å². The molecule has 33 heavy (non-hydrogen) atoms. The number of benzene rings is 2. The largest absolute Gasteiger partial charge is 0.462 e. The molecule has 1 N–H and O–H groups in total. The van der Waals surface area contributed by atoms with Crippen molar-refractivity contribution in [3.63, 3.8) is 0 Å². The third-order valence-corrected chi connectivity index (χ3v) is 5.94. The highest BCUT2D eigenvalue weighted by molar-refractivity contribution is 9.10. The van der Waals surface area contributed by atoms with Gasteiger partial charge < -0.3 is 14.6 Å². The molecule has 1 fully saturated rings. The molecule has 0 saturated carbocycles. The number of likely N-dealkylation sites (tertiary alicyclic amines) is 1. The van der Waals surface area contributed by atoms with Crippen LogP contribution in [0.4, 0.5) is 5.69 Å². The molecule has 9 heteroatoms. The van der Waals surface area contributed by atoms with Gasteiger partial charge in [0, 0.05) is 22.3 Å². The number of carbonyl (C=O) groups is 2. The fourth-order valence-electron chi connectivity index (χ4n) is 3.82. The summed E-state index contributed by atoms with van der Waals surface area (Å²) >= 11 is 3.45. The minimum atomic E-state index is -0.373. The molecule has 3 aromatic rings. The second kappa shape index (κ2) is 10.7. The number of esters is 1. The molecule has 0 spiro atoms. The second-order valence-corrected chi connectivity index (χ2v) is 8.80. The van der Waals surface area contributed by atoms with Crippen LogP contribution in [0.2, 0.25) is 0 Å². The zero-order valence-electron chi connectivity index (χ0n) is 18.3. The summed E-state index contributed by atoms with van der Waals surface area (Å²) in [5, 5.41) is 7.04. The minimum absolute atomic E-state index is 0.0380. The summed E-state index contributed by atoms with van der Waals surface area (Å²) in [5.74, 6) is 0.520. The molecule has 4 rings (SSSR count). The molecule has 2 aromatic carbocycles. The van der Waals surface area contributed by atoms with E-state index in [1.54, 1.807) is 31.2 Å². The van der Waals surface area contributed by atoms with Crippen LogP contribution in [0.15, 0.2) is 57.5 Å². The molecule has 1 aliphatic rings. The molecule has 1 saturated heterocycles. The van der Waals surface area contributed by atoms with Crippen LogP contribution in [0.1, 0.15) is 36.0 Å². The Bertz CT molecular complexity index is 1120. The summed E-state index contributed by atoms with van der Waals surface area (Å²) in [6.45, 7) is 4.07. The van der Waals surface area contributed by atoms with E-state index in [0.717, 1.165) is 29.4 Å². The lowest BCUT2D eigenvalue weighted by molar-refractivity contribution is -0.121. The van der Waals surface area contributed by atoms with Gasteiger partial charge in [-0.1, -0.05) is 33.2 Å². The zero-order valence-corrected chi connectivity index (χ0v) is 19.9. The van der Waals surface area contributed by atoms with Crippen molar-refractivity contribution in [3.8, 4) is 11.4 Å². The number of nitrogens with zero attached hydrogens (tertiary/aromatic N) is 3. The van der Waals surface area contributed by atoms with Crippen LogP contribution >= 0.6 is 15.9 Å². The SMILES string of the molecule is CCOC(=O)c1ccc(NC(=O)C2CCCN(Cc3nc(-c4cccc(Br)c4)no3)C2)cc1. The van der Waals surface area contributed by atoms with Gasteiger partial charge in [0.15, 0.2) is 0 Å². The molecular formula is C24H25BrN4O4. The molecule has 2 heterocycles. The summed E-state index contributed by atoms with van der Waals surface area (Å²) in [6.07, 6.45) is 1.73. The smallest absolute Gasteiger partial charge is 0.338 e. The molecule has 1 amide bonds. The van der Waals surface area contributed by atoms with Gasteiger partial charge in [0.05, 0.1) is 24.6 Å². The highest BCUT2D eigenvalue weighted by atomic mass is 79.9. The van der Waals surface area contributed by atoms with Crippen molar-refractivity contribution in [3.05, 3.63) is 64.5 Å². The average Bonchev–Trinajstić information content (AvgIpc) is 3.28. The standard InChI is InChI=1S/C24H25BrN4O4/c1-2-32-24(31)16-8-10-20(11-9-16)26-23(30)18-6-4-12-29(14-18)15-21-27-22(28-33-21)17-5-3-7-19(25)13-17/h3,5,7-11,13,18H,2,4,6,12,14-15H2,1H3,(H,26,30). The molecule has 0 aliphatic carbocycles. The monoisotopic (exact) mass is 512 g/mol. The van der Waals surface area contributed by atoms with Crippen LogP contribution < -0.4 is 5.32 Å². The number of ether oxygens (including phenoxy) is 1. The van der Waals surface area contributed by atoms with E-state index >= 15 is 0 Å². The van der Waals surface area contributed by atoms with Crippen molar-refractivity contribution < 1.29 is 18.8 Å². The number of rotatable bonds is 7. The third-order valence-electron chi connectivity index (χ3n) is 5.45. The lowest BCUT2D eigenvalue weighted by atomic mass is 9.97. The number of anilines is 1. The molecule has 8 nitrogen and oxygen atoms in total. The van der Waals surface area contributed by atoms with Gasteiger partial charge in [0.2, 0.25) is 17.6 Å². The molecule has 1 aromatic heterocycles. The van der Waals surface area contributed by atoms with Crippen molar-refractivity contribution in [2.45, 2.75) is 26.3 Å². The van der Waals surface area contributed by atoms with Crippen LogP contribution in [0.25, 0.3) is 11.4 Å². The van der Waals surface area contributed by atoms with Crippen molar-refractivity contribution >= 4 is 33.5 Å². The van der Waals surface area contributed by atoms with E-state index in [2.05, 4.69) is 36.3 Å². The van der Waals surface area contributed by atoms with Crippen molar-refractivity contribution in [1.82, 2.24) is 15.0 Å². The first-order valence-corrected chi connectivity index (χ1v) is 11.7. The molecule has 1 unspecified atom stereocenters. The Labute approximate surface area is 200 Å². The highest BCUT2D eigenvalue weighted by Gasteiger charge is 2.27. The van der Waals surface area contributed by atoms with Gasteiger partial charge in [-0.15, -0.1) is 0 Å². The van der Waals surface area contributed by atoms with E-state index in [1.165, 1.54) is 0 Å². The summed E-state index contributed by atoms with van der Waals surface area (Å²) in [5.41, 5.74) is 1.99. The maximum Gasteiger partial charge on any atom is 0.338 e. The van der Waals surface area contributed by atoms with Gasteiger partial charge in [-0.2, -0.15) is 4.98 Å². The fraction of sp³-hybridized carbons (Fsp3) is 0.333. The van der Waals surface area contributed by atoms with Crippen LogP contribution in [-0.4, -0.2) is 46.6 Å². The highest BCUT2D eigenvalue weighted by Crippen LogP contribution is 2.23. The average molecular weight is 513 g/mol. The molecule has 1 atom stereocenters. The number of halogens is 1. The summed E-state index contributed by atoms with van der Waals surface area (Å²) in [7, 11) is 0. The van der Waals surface area contributed by atoms with Crippen LogP contribution in [0.3, 0.4) is 0 Å². The first kappa shape index (κ1) is 23.1. The van der Waals surface area contributed by atoms with E-state index in [-0.39, 0.29) is 17.8 Å². The van der Waals surface area contributed by atoms with E-state index < -0.39 is 0 Å². The fourth-order valence-corrected chi connectivity index (χ4v) is 4.22. The zero-order chi connectivity index (χ0) is 23.2. The van der Waals surface area contributed by atoms with E-state index in [9.17, 15) is 9.59 Å². The first-order chi connectivity index (χ1) is 16.0. The number of piperidine rings is 1. The number of nitrogens with one attached hydrogen (secondary N) is 1. The van der Waals surface area contributed by atoms with Crippen LogP contribution in [-0.2, 0) is 16.1 Å². The van der Waals surface area contributed by atoms with E-state index in [0.29, 0.717) is 42.7 Å². The van der Waals surface area contributed by atoms with Gasteiger partial charge in [0.25, 0.3) is 0 Å². The lowest BCUT2D eigenvalue weighted by Gasteiger charge is -2.30. The maximum absolute atomic E-state index is 12.8. The first-order valence-electron chi connectivity index (χ1n) is 10.9. The predicted molar refractivity (Wildman–Crippen MR) is 126 cm³/mol. The summed E-state index contributed by atoms with van der Waals surface area (Å²) in [4.78, 5) is 31.3. The number of aromatic nitrogens is 2. The third kappa shape index (κ3) is 6.06. The number of hydrogen-bond donors (Lipinski definition) is 1. The van der Waals surface area contributed by atoms with Crippen molar-refractivity contribution in [1.29, 1.82) is 0 Å². The molecule has 0 bridgehead atoms. The quantitative estimate of drug-likeness (QED) is 0.464. The van der Waals surface area contributed by atoms with Crippen LogP contribution in [0, 0.1) is 5.92 Å². The van der Waals surface area contributed by atoms with Crippen LogP contribution in [0.5, 0.6) is 0 Å². The molecule has 1 aliphatic heterocycles. The Hall–Kier alpha value is -3.04. The Balaban J connectivity index is 1.33. The topological polar surface area (TPSA) is 97.6 Å². The molecule has 0 radical (unpaired) electrons. The second-order valence-electron chi connectivity index (χ2n) is 7.88. The van der Waals surface area contributed by atoms with Gasteiger partial charge in [-0.3, -0.25) is 9.69 Å². The van der Waals surface area contributed by atoms with Gasteiger partial charge in [-0.25, -0.2) is 4.79 Å². The number of hydrogen-bond acceptors (Lipinski definition) is 7. The van der Waals surface area contributed by atoms with Crippen molar-refractivity contribution in [2.75, 3.05) is 25.0 Å².